The van der Waals surface area contributed by atoms with Crippen LogP contribution in [-0.4, -0.2) is 27.8 Å². The van der Waals surface area contributed by atoms with Gasteiger partial charge in [0.1, 0.15) is 5.82 Å². The standard InChI is InChI=1S/C15H14Cl2FNO2S/c1-19(13-5-3-12(18)4-6-13)8-9-22(20,21)15-10-11(16)2-7-14(15)17/h2-7,10H,8-9H2,1H3. The molecule has 0 radical (unpaired) electrons. The normalized spacial score (nSPS) is 11.5. The van der Waals surface area contributed by atoms with Gasteiger partial charge in [-0.3, -0.25) is 0 Å². The molecule has 0 saturated heterocycles. The van der Waals surface area contributed by atoms with E-state index in [1.54, 1.807) is 24.1 Å². The molecule has 0 fully saturated rings. The van der Waals surface area contributed by atoms with Crippen LogP contribution in [-0.2, 0) is 9.84 Å². The third-order valence-electron chi connectivity index (χ3n) is 3.19. The van der Waals surface area contributed by atoms with Crippen LogP contribution in [0.1, 0.15) is 0 Å². The number of sulfone groups is 1. The number of hydrogen-bond acceptors (Lipinski definition) is 3. The first-order chi connectivity index (χ1) is 10.3. The molecule has 0 atom stereocenters. The molecule has 118 valence electrons. The molecule has 0 spiro atoms. The van der Waals surface area contributed by atoms with Gasteiger partial charge < -0.3 is 4.90 Å². The van der Waals surface area contributed by atoms with Gasteiger partial charge in [-0.15, -0.1) is 0 Å². The number of rotatable bonds is 5. The van der Waals surface area contributed by atoms with Gasteiger partial charge in [-0.05, 0) is 42.5 Å². The molecule has 2 aromatic carbocycles. The van der Waals surface area contributed by atoms with E-state index in [-0.39, 0.29) is 28.0 Å². The third-order valence-corrected chi connectivity index (χ3v) is 5.60. The van der Waals surface area contributed by atoms with Crippen LogP contribution in [0.25, 0.3) is 0 Å². The van der Waals surface area contributed by atoms with E-state index in [2.05, 4.69) is 0 Å². The Labute approximate surface area is 139 Å². The molecule has 2 aromatic rings. The summed E-state index contributed by atoms with van der Waals surface area (Å²) in [6, 6.07) is 10.2. The van der Waals surface area contributed by atoms with Gasteiger partial charge in [-0.25, -0.2) is 12.8 Å². The van der Waals surface area contributed by atoms with E-state index < -0.39 is 9.84 Å². The highest BCUT2D eigenvalue weighted by molar-refractivity contribution is 7.91. The second-order valence-electron chi connectivity index (χ2n) is 4.79. The van der Waals surface area contributed by atoms with Crippen LogP contribution in [0.2, 0.25) is 10.0 Å². The molecule has 3 nitrogen and oxygen atoms in total. The summed E-state index contributed by atoms with van der Waals surface area (Å²) < 4.78 is 37.6. The van der Waals surface area contributed by atoms with E-state index >= 15 is 0 Å². The first-order valence-corrected chi connectivity index (χ1v) is 8.85. The molecule has 7 heteroatoms. The molecule has 0 aliphatic heterocycles. The van der Waals surface area contributed by atoms with Crippen molar-refractivity contribution in [1.29, 1.82) is 0 Å². The summed E-state index contributed by atoms with van der Waals surface area (Å²) in [5.74, 6) is -0.462. The van der Waals surface area contributed by atoms with E-state index in [1.165, 1.54) is 30.3 Å². The number of halogens is 3. The lowest BCUT2D eigenvalue weighted by atomic mass is 10.3. The van der Waals surface area contributed by atoms with E-state index in [0.29, 0.717) is 5.02 Å². The summed E-state index contributed by atoms with van der Waals surface area (Å²) in [6.07, 6.45) is 0. The van der Waals surface area contributed by atoms with Crippen molar-refractivity contribution < 1.29 is 12.8 Å². The molecule has 0 bridgehead atoms. The lowest BCUT2D eigenvalue weighted by Crippen LogP contribution is -2.25. The number of anilines is 1. The Balaban J connectivity index is 2.12. The van der Waals surface area contributed by atoms with Gasteiger partial charge in [0.2, 0.25) is 0 Å². The van der Waals surface area contributed by atoms with Gasteiger partial charge in [0.05, 0.1) is 15.7 Å². The summed E-state index contributed by atoms with van der Waals surface area (Å²) in [5.41, 5.74) is 0.730. The topological polar surface area (TPSA) is 37.4 Å². The second kappa shape index (κ2) is 6.86. The summed E-state index contributed by atoms with van der Waals surface area (Å²) in [5, 5.41) is 0.462. The van der Waals surface area contributed by atoms with Crippen LogP contribution in [0.15, 0.2) is 47.4 Å². The SMILES string of the molecule is CN(CCS(=O)(=O)c1cc(Cl)ccc1Cl)c1ccc(F)cc1. The fourth-order valence-corrected chi connectivity index (χ4v) is 4.02. The van der Waals surface area contributed by atoms with Crippen LogP contribution in [0.5, 0.6) is 0 Å². The predicted molar refractivity (Wildman–Crippen MR) is 88.2 cm³/mol. The Kier molecular flexibility index (Phi) is 5.32. The zero-order chi connectivity index (χ0) is 16.3. The molecule has 2 rings (SSSR count). The van der Waals surface area contributed by atoms with Crippen LogP contribution in [0, 0.1) is 5.82 Å². The van der Waals surface area contributed by atoms with E-state index in [0.717, 1.165) is 5.69 Å². The maximum Gasteiger partial charge on any atom is 0.181 e. The summed E-state index contributed by atoms with van der Waals surface area (Å²) in [6.45, 7) is 0.247. The molecule has 0 amide bonds. The minimum absolute atomic E-state index is 0.0224. The van der Waals surface area contributed by atoms with Crippen molar-refractivity contribution in [2.45, 2.75) is 4.90 Å². The summed E-state index contributed by atoms with van der Waals surface area (Å²) in [7, 11) is -1.82. The molecule has 22 heavy (non-hydrogen) atoms. The predicted octanol–water partition coefficient (Wildman–Crippen LogP) is 4.04. The van der Waals surface area contributed by atoms with E-state index in [1.807, 2.05) is 0 Å². The van der Waals surface area contributed by atoms with Gasteiger partial charge >= 0.3 is 0 Å². The maximum absolute atomic E-state index is 12.9. The first-order valence-electron chi connectivity index (χ1n) is 6.44. The monoisotopic (exact) mass is 361 g/mol. The van der Waals surface area contributed by atoms with Crippen molar-refractivity contribution >= 4 is 38.7 Å². The van der Waals surface area contributed by atoms with Crippen LogP contribution >= 0.6 is 23.2 Å². The largest absolute Gasteiger partial charge is 0.374 e. The fourth-order valence-electron chi connectivity index (χ4n) is 1.91. The lowest BCUT2D eigenvalue weighted by molar-refractivity contribution is 0.595. The van der Waals surface area contributed by atoms with Crippen molar-refractivity contribution in [1.82, 2.24) is 0 Å². The van der Waals surface area contributed by atoms with Gasteiger partial charge in [0.25, 0.3) is 0 Å². The highest BCUT2D eigenvalue weighted by Gasteiger charge is 2.19. The van der Waals surface area contributed by atoms with Gasteiger partial charge in [-0.1, -0.05) is 23.2 Å². The molecule has 0 aromatic heterocycles. The summed E-state index contributed by atoms with van der Waals surface area (Å²) >= 11 is 11.8. The van der Waals surface area contributed by atoms with Gasteiger partial charge in [0.15, 0.2) is 9.84 Å². The molecular weight excluding hydrogens is 348 g/mol. The molecule has 0 heterocycles. The molecular formula is C15H14Cl2FNO2S. The van der Waals surface area contributed by atoms with Crippen molar-refractivity contribution in [2.75, 3.05) is 24.2 Å². The van der Waals surface area contributed by atoms with Crippen molar-refractivity contribution in [3.05, 3.63) is 58.3 Å². The van der Waals surface area contributed by atoms with Gasteiger partial charge in [0, 0.05) is 24.3 Å². The maximum atomic E-state index is 12.9. The molecule has 0 saturated carbocycles. The molecule has 0 N–H and O–H groups in total. The Hall–Kier alpha value is -1.30. The minimum atomic E-state index is -3.56. The smallest absolute Gasteiger partial charge is 0.181 e. The number of nitrogens with zero attached hydrogens (tertiary/aromatic N) is 1. The Morgan fingerprint density at radius 1 is 1.09 bits per heavy atom. The van der Waals surface area contributed by atoms with Crippen LogP contribution in [0.4, 0.5) is 10.1 Å². The first kappa shape index (κ1) is 17.1. The van der Waals surface area contributed by atoms with Crippen LogP contribution < -0.4 is 4.90 Å². The molecule has 0 aliphatic rings. The third kappa shape index (κ3) is 4.12. The number of benzene rings is 2. The second-order valence-corrected chi connectivity index (χ2v) is 7.71. The van der Waals surface area contributed by atoms with Crippen molar-refractivity contribution in [3.8, 4) is 0 Å². The quantitative estimate of drug-likeness (QED) is 0.806. The lowest BCUT2D eigenvalue weighted by Gasteiger charge is -2.19. The van der Waals surface area contributed by atoms with E-state index in [4.69, 9.17) is 23.2 Å². The zero-order valence-corrected chi connectivity index (χ0v) is 14.1. The molecule has 0 unspecified atom stereocenters. The van der Waals surface area contributed by atoms with Crippen molar-refractivity contribution in [3.63, 3.8) is 0 Å². The van der Waals surface area contributed by atoms with Crippen molar-refractivity contribution in [2.24, 2.45) is 0 Å². The fraction of sp³-hybridized carbons (Fsp3) is 0.200. The molecule has 0 aliphatic carbocycles. The zero-order valence-electron chi connectivity index (χ0n) is 11.8. The number of hydrogen-bond donors (Lipinski definition) is 0. The average molecular weight is 362 g/mol. The Morgan fingerprint density at radius 2 is 1.73 bits per heavy atom. The van der Waals surface area contributed by atoms with Gasteiger partial charge in [-0.2, -0.15) is 0 Å². The van der Waals surface area contributed by atoms with E-state index in [9.17, 15) is 12.8 Å². The highest BCUT2D eigenvalue weighted by atomic mass is 35.5. The Morgan fingerprint density at radius 3 is 2.36 bits per heavy atom. The Bertz CT molecular complexity index is 764. The minimum Gasteiger partial charge on any atom is -0.374 e. The average Bonchev–Trinajstić information content (AvgIpc) is 2.48. The summed E-state index contributed by atoms with van der Waals surface area (Å²) in [4.78, 5) is 1.75. The highest BCUT2D eigenvalue weighted by Crippen LogP contribution is 2.26. The van der Waals surface area contributed by atoms with Crippen LogP contribution in [0.3, 0.4) is 0 Å².